The lowest BCUT2D eigenvalue weighted by atomic mass is 9.99. The Morgan fingerprint density at radius 2 is 1.57 bits per heavy atom. The average molecular weight is 470 g/mol. The zero-order valence-electron chi connectivity index (χ0n) is 18.4. The first kappa shape index (κ1) is 23.1. The van der Waals surface area contributed by atoms with Gasteiger partial charge >= 0.3 is 0 Å². The van der Waals surface area contributed by atoms with Crippen molar-refractivity contribution in [3.63, 3.8) is 0 Å². The van der Waals surface area contributed by atoms with Gasteiger partial charge in [-0.2, -0.15) is 0 Å². The van der Waals surface area contributed by atoms with Gasteiger partial charge in [-0.3, -0.25) is 10.2 Å². The molecule has 8 N–H and O–H groups in total. The highest BCUT2D eigenvalue weighted by Crippen LogP contribution is 2.33. The number of amidine groups is 1. The monoisotopic (exact) mass is 470 g/mol. The van der Waals surface area contributed by atoms with E-state index < -0.39 is 17.3 Å². The predicted molar refractivity (Wildman–Crippen MR) is 131 cm³/mol. The molecule has 0 unspecified atom stereocenters. The van der Waals surface area contributed by atoms with E-state index in [-0.39, 0.29) is 17.4 Å². The maximum absolute atomic E-state index is 12.5. The van der Waals surface area contributed by atoms with E-state index in [9.17, 15) is 20.1 Å². The van der Waals surface area contributed by atoms with Gasteiger partial charge in [-0.05, 0) is 47.0 Å². The zero-order chi connectivity index (χ0) is 24.9. The minimum absolute atomic E-state index is 0.0528. The van der Waals surface area contributed by atoms with Crippen LogP contribution in [0.4, 0.5) is 5.69 Å². The summed E-state index contributed by atoms with van der Waals surface area (Å²) in [7, 11) is 0. The first-order valence-corrected chi connectivity index (χ1v) is 10.5. The van der Waals surface area contributed by atoms with Gasteiger partial charge in [0.15, 0.2) is 17.4 Å². The molecule has 3 aromatic rings. The highest BCUT2D eigenvalue weighted by molar-refractivity contribution is 5.99. The largest absolute Gasteiger partial charge is 0.503 e. The van der Waals surface area contributed by atoms with E-state index in [1.165, 1.54) is 0 Å². The van der Waals surface area contributed by atoms with Crippen molar-refractivity contribution in [1.82, 2.24) is 5.32 Å². The quantitative estimate of drug-likeness (QED) is 0.0881. The van der Waals surface area contributed by atoms with Crippen LogP contribution in [0.15, 0.2) is 106 Å². The smallest absolute Gasteiger partial charge is 0.251 e. The first-order chi connectivity index (χ1) is 16.9. The molecule has 0 spiro atoms. The Bertz CT molecular complexity index is 1380. The van der Waals surface area contributed by atoms with Crippen molar-refractivity contribution in [3.05, 3.63) is 112 Å². The lowest BCUT2D eigenvalue weighted by Gasteiger charge is -2.21. The number of nitrogens with zero attached hydrogens (tertiary/aromatic N) is 2. The fourth-order valence-corrected chi connectivity index (χ4v) is 3.47. The Morgan fingerprint density at radius 1 is 0.857 bits per heavy atom. The summed E-state index contributed by atoms with van der Waals surface area (Å²) in [5, 5.41) is 49.4. The van der Waals surface area contributed by atoms with E-state index in [1.807, 2.05) is 30.3 Å². The molecule has 0 fully saturated rings. The first-order valence-electron chi connectivity index (χ1n) is 10.5. The van der Waals surface area contributed by atoms with Gasteiger partial charge in [-0.1, -0.05) is 47.7 Å². The SMILES string of the molecule is N=C(N=NN)c1cc(NC2=C(O)C(O)=C2O)cc(-c2ccc(C(=O)NCc3ccccc3)cc2)c1. The molecular weight excluding hydrogens is 448 g/mol. The second kappa shape index (κ2) is 9.79. The van der Waals surface area contributed by atoms with E-state index >= 15 is 0 Å². The molecule has 0 bridgehead atoms. The number of nitrogens with two attached hydrogens (primary N) is 1. The highest BCUT2D eigenvalue weighted by Gasteiger charge is 2.29. The van der Waals surface area contributed by atoms with Crippen LogP contribution in [0.25, 0.3) is 11.1 Å². The molecule has 3 aromatic carbocycles. The number of benzene rings is 3. The molecular formula is C25H22N6O4. The van der Waals surface area contributed by atoms with Crippen molar-refractivity contribution in [2.24, 2.45) is 16.2 Å². The Labute approximate surface area is 200 Å². The maximum atomic E-state index is 12.5. The molecule has 0 atom stereocenters. The molecule has 4 rings (SSSR count). The fourth-order valence-electron chi connectivity index (χ4n) is 3.47. The molecule has 1 aliphatic carbocycles. The van der Waals surface area contributed by atoms with Crippen LogP contribution >= 0.6 is 0 Å². The predicted octanol–water partition coefficient (Wildman–Crippen LogP) is 4.46. The van der Waals surface area contributed by atoms with Crippen molar-refractivity contribution in [1.29, 1.82) is 5.41 Å². The third-order valence-corrected chi connectivity index (χ3v) is 5.33. The molecule has 35 heavy (non-hydrogen) atoms. The number of rotatable bonds is 7. The van der Waals surface area contributed by atoms with E-state index in [1.54, 1.807) is 42.5 Å². The average Bonchev–Trinajstić information content (AvgIpc) is 2.90. The molecule has 0 heterocycles. The van der Waals surface area contributed by atoms with Gasteiger partial charge in [0.1, 0.15) is 5.70 Å². The molecule has 0 saturated carbocycles. The second-order valence-electron chi connectivity index (χ2n) is 7.65. The molecule has 0 radical (unpaired) electrons. The summed E-state index contributed by atoms with van der Waals surface area (Å²) in [5.41, 5.74) is 3.58. The van der Waals surface area contributed by atoms with Gasteiger partial charge in [0.2, 0.25) is 5.76 Å². The van der Waals surface area contributed by atoms with Crippen LogP contribution in [0, 0.1) is 5.41 Å². The third-order valence-electron chi connectivity index (χ3n) is 5.33. The minimum Gasteiger partial charge on any atom is -0.503 e. The van der Waals surface area contributed by atoms with Crippen LogP contribution < -0.4 is 16.5 Å². The Morgan fingerprint density at radius 3 is 2.23 bits per heavy atom. The number of amides is 1. The molecule has 176 valence electrons. The van der Waals surface area contributed by atoms with Crippen LogP contribution in [0.2, 0.25) is 0 Å². The van der Waals surface area contributed by atoms with Crippen molar-refractivity contribution < 1.29 is 20.1 Å². The van der Waals surface area contributed by atoms with Crippen molar-refractivity contribution in [3.8, 4) is 11.1 Å². The number of carbonyl (C=O) groups is 1. The van der Waals surface area contributed by atoms with Crippen molar-refractivity contribution in [2.45, 2.75) is 6.54 Å². The summed E-state index contributed by atoms with van der Waals surface area (Å²) in [5.74, 6) is 3.11. The molecule has 1 amide bonds. The molecule has 1 aliphatic rings. The minimum atomic E-state index is -0.602. The summed E-state index contributed by atoms with van der Waals surface area (Å²) in [6.07, 6.45) is 0. The van der Waals surface area contributed by atoms with Crippen LogP contribution in [0.5, 0.6) is 0 Å². The maximum Gasteiger partial charge on any atom is 0.251 e. The van der Waals surface area contributed by atoms with Crippen LogP contribution in [0.3, 0.4) is 0 Å². The number of hydrogen-bond acceptors (Lipinski definition) is 7. The topological polar surface area (TPSA) is 176 Å². The number of aliphatic hydroxyl groups is 3. The molecule has 0 aliphatic heterocycles. The lowest BCUT2D eigenvalue weighted by molar-refractivity contribution is 0.0951. The van der Waals surface area contributed by atoms with Crippen molar-refractivity contribution in [2.75, 3.05) is 5.32 Å². The van der Waals surface area contributed by atoms with E-state index in [0.717, 1.165) is 11.1 Å². The van der Waals surface area contributed by atoms with E-state index in [0.29, 0.717) is 28.9 Å². The van der Waals surface area contributed by atoms with Gasteiger partial charge in [-0.15, -0.1) is 5.11 Å². The van der Waals surface area contributed by atoms with Crippen LogP contribution in [0.1, 0.15) is 21.5 Å². The van der Waals surface area contributed by atoms with Gasteiger partial charge in [0, 0.05) is 23.4 Å². The second-order valence-corrected chi connectivity index (χ2v) is 7.65. The molecule has 10 nitrogen and oxygen atoms in total. The van der Waals surface area contributed by atoms with Crippen molar-refractivity contribution >= 4 is 17.4 Å². The standard InChI is InChI=1S/C25H22N6O4/c26-24(30-31-27)18-10-17(11-19(12-18)29-20-21(32)23(34)22(20)33)15-6-8-16(9-7-15)25(35)28-13-14-4-2-1-3-5-14/h1-12,29,32-34H,13H2,(H,28,35)(H3,26,27,30). The fraction of sp³-hybridized carbons (Fsp3) is 0.0400. The summed E-state index contributed by atoms with van der Waals surface area (Å²) >= 11 is 0. The molecule has 0 aromatic heterocycles. The summed E-state index contributed by atoms with van der Waals surface area (Å²) in [6, 6.07) is 21.4. The summed E-state index contributed by atoms with van der Waals surface area (Å²) in [6.45, 7) is 0.413. The Kier molecular flexibility index (Phi) is 6.45. The normalized spacial score (nSPS) is 13.0. The van der Waals surface area contributed by atoms with Crippen LogP contribution in [-0.4, -0.2) is 27.1 Å². The number of hydrogen-bond donors (Lipinski definition) is 7. The number of aliphatic hydroxyl groups excluding tert-OH is 3. The van der Waals surface area contributed by atoms with E-state index in [2.05, 4.69) is 21.0 Å². The zero-order valence-corrected chi connectivity index (χ0v) is 18.4. The molecule has 10 heteroatoms. The van der Waals surface area contributed by atoms with Crippen LogP contribution in [-0.2, 0) is 6.54 Å². The number of nitrogens with one attached hydrogen (secondary N) is 3. The number of carbonyl (C=O) groups excluding carboxylic acids is 1. The summed E-state index contributed by atoms with van der Waals surface area (Å²) < 4.78 is 0. The van der Waals surface area contributed by atoms with Gasteiger partial charge < -0.3 is 31.8 Å². The van der Waals surface area contributed by atoms with Gasteiger partial charge in [0.25, 0.3) is 5.91 Å². The lowest BCUT2D eigenvalue weighted by Crippen LogP contribution is -2.22. The molecule has 0 saturated heterocycles. The number of anilines is 1. The van der Waals surface area contributed by atoms with Gasteiger partial charge in [0.05, 0.1) is 0 Å². The third kappa shape index (κ3) is 4.96. The Hall–Kier alpha value is -5.12. The Balaban J connectivity index is 1.57. The van der Waals surface area contributed by atoms with Gasteiger partial charge in [-0.25, -0.2) is 0 Å². The summed E-state index contributed by atoms with van der Waals surface area (Å²) in [4.78, 5) is 12.5. The van der Waals surface area contributed by atoms with E-state index in [4.69, 9.17) is 11.3 Å². The highest BCUT2D eigenvalue weighted by atomic mass is 16.3.